The summed E-state index contributed by atoms with van der Waals surface area (Å²) in [6.07, 6.45) is 5.39. The maximum atomic E-state index is 12.2. The van der Waals surface area contributed by atoms with Crippen LogP contribution in [-0.4, -0.2) is 49.0 Å². The molecule has 3 rings (SSSR count). The van der Waals surface area contributed by atoms with E-state index in [4.69, 9.17) is 4.42 Å². The summed E-state index contributed by atoms with van der Waals surface area (Å²) in [6, 6.07) is 11.1. The Labute approximate surface area is 202 Å². The van der Waals surface area contributed by atoms with Crippen LogP contribution in [0.4, 0.5) is 5.69 Å². The topological polar surface area (TPSA) is 81.9 Å². The van der Waals surface area contributed by atoms with Gasteiger partial charge < -0.3 is 20.4 Å². The Kier molecular flexibility index (Phi) is 9.83. The van der Waals surface area contributed by atoms with E-state index in [9.17, 15) is 4.79 Å². The van der Waals surface area contributed by atoms with E-state index in [2.05, 4.69) is 39.7 Å². The summed E-state index contributed by atoms with van der Waals surface area (Å²) in [5, 5.41) is 9.67. The molecule has 2 aromatic rings. The zero-order chi connectivity index (χ0) is 21.4. The average Bonchev–Trinajstić information content (AvgIpc) is 3.30. The normalized spacial score (nSPS) is 15.1. The average molecular weight is 539 g/mol. The van der Waals surface area contributed by atoms with Crippen molar-refractivity contribution in [1.29, 1.82) is 0 Å². The zero-order valence-corrected chi connectivity index (χ0v) is 20.9. The van der Waals surface area contributed by atoms with Crippen molar-refractivity contribution < 1.29 is 9.21 Å². The number of benzene rings is 1. The molecule has 7 nitrogen and oxygen atoms in total. The lowest BCUT2D eigenvalue weighted by atomic mass is 9.98. The van der Waals surface area contributed by atoms with E-state index in [0.717, 1.165) is 36.8 Å². The predicted octanol–water partition coefficient (Wildman–Crippen LogP) is 4.08. The summed E-state index contributed by atoms with van der Waals surface area (Å²) < 4.78 is 5.14. The lowest BCUT2D eigenvalue weighted by molar-refractivity contribution is 0.0982. The molecule has 1 aliphatic heterocycles. The molecule has 0 unspecified atom stereocenters. The lowest BCUT2D eigenvalue weighted by Gasteiger charge is -2.41. The molecule has 3 N–H and O–H groups in total. The summed E-state index contributed by atoms with van der Waals surface area (Å²) >= 11 is 0. The van der Waals surface area contributed by atoms with Crippen LogP contribution in [0.25, 0.3) is 0 Å². The van der Waals surface area contributed by atoms with Crippen molar-refractivity contribution in [2.45, 2.75) is 45.2 Å². The first-order valence-electron chi connectivity index (χ1n) is 10.6. The van der Waals surface area contributed by atoms with Gasteiger partial charge in [-0.15, -0.1) is 24.0 Å². The summed E-state index contributed by atoms with van der Waals surface area (Å²) in [4.78, 5) is 19.1. The highest BCUT2D eigenvalue weighted by atomic mass is 127. The van der Waals surface area contributed by atoms with Crippen molar-refractivity contribution in [2.24, 2.45) is 4.99 Å². The van der Waals surface area contributed by atoms with Crippen molar-refractivity contribution in [3.05, 3.63) is 54.0 Å². The number of carbonyl (C=O) groups excluding carboxylic acids is 1. The standard InChI is InChI=1S/C23H33N5O2.HI/c1-23(2,28-12-5-4-6-13-28)17-26-22(24-3)25-16-18-9-7-10-19(15-18)27-21(29)20-11-8-14-30-20;/h7-11,14-15H,4-6,12-13,16-17H2,1-3H3,(H,27,29)(H2,24,25,26);1H. The van der Waals surface area contributed by atoms with Gasteiger partial charge in [0.15, 0.2) is 11.7 Å². The molecular weight excluding hydrogens is 505 g/mol. The number of carbonyl (C=O) groups is 1. The maximum Gasteiger partial charge on any atom is 0.291 e. The van der Waals surface area contributed by atoms with E-state index in [1.807, 2.05) is 24.3 Å². The highest BCUT2D eigenvalue weighted by Crippen LogP contribution is 2.19. The molecule has 1 aromatic heterocycles. The Bertz CT molecular complexity index is 845. The molecule has 31 heavy (non-hydrogen) atoms. The minimum absolute atomic E-state index is 0. The van der Waals surface area contributed by atoms with Gasteiger partial charge in [0.05, 0.1) is 6.26 Å². The van der Waals surface area contributed by atoms with Gasteiger partial charge in [0, 0.05) is 31.4 Å². The molecule has 0 radical (unpaired) electrons. The van der Waals surface area contributed by atoms with Crippen LogP contribution in [0.1, 0.15) is 49.2 Å². The van der Waals surface area contributed by atoms with Crippen LogP contribution in [0.2, 0.25) is 0 Å². The third kappa shape index (κ3) is 7.53. The van der Waals surface area contributed by atoms with Crippen LogP contribution >= 0.6 is 24.0 Å². The molecule has 0 bridgehead atoms. The van der Waals surface area contributed by atoms with Crippen LogP contribution in [0, 0.1) is 0 Å². The van der Waals surface area contributed by atoms with E-state index in [0.29, 0.717) is 12.3 Å². The Hall–Kier alpha value is -2.07. The van der Waals surface area contributed by atoms with E-state index in [-0.39, 0.29) is 35.4 Å². The Morgan fingerprint density at radius 3 is 2.58 bits per heavy atom. The molecule has 1 aromatic carbocycles. The smallest absolute Gasteiger partial charge is 0.291 e. The maximum absolute atomic E-state index is 12.2. The third-order valence-corrected chi connectivity index (χ3v) is 5.51. The van der Waals surface area contributed by atoms with Crippen LogP contribution in [0.3, 0.4) is 0 Å². The van der Waals surface area contributed by atoms with Gasteiger partial charge in [-0.2, -0.15) is 0 Å². The van der Waals surface area contributed by atoms with Crippen molar-refractivity contribution in [3.8, 4) is 0 Å². The van der Waals surface area contributed by atoms with Crippen LogP contribution in [0.15, 0.2) is 52.1 Å². The summed E-state index contributed by atoms with van der Waals surface area (Å²) in [7, 11) is 1.78. The van der Waals surface area contributed by atoms with Gasteiger partial charge in [0.1, 0.15) is 0 Å². The number of halogens is 1. The fraction of sp³-hybridized carbons (Fsp3) is 0.478. The van der Waals surface area contributed by atoms with Crippen molar-refractivity contribution in [2.75, 3.05) is 32.0 Å². The molecule has 0 atom stereocenters. The van der Waals surface area contributed by atoms with Crippen molar-refractivity contribution >= 4 is 41.5 Å². The number of nitrogens with one attached hydrogen (secondary N) is 3. The molecule has 1 aliphatic rings. The quantitative estimate of drug-likeness (QED) is 0.281. The van der Waals surface area contributed by atoms with Gasteiger partial charge in [-0.1, -0.05) is 18.6 Å². The first-order chi connectivity index (χ1) is 14.5. The number of furan rings is 1. The molecule has 1 fully saturated rings. The number of nitrogens with zero attached hydrogens (tertiary/aromatic N) is 2. The SMILES string of the molecule is CN=C(NCc1cccc(NC(=O)c2ccco2)c1)NCC(C)(C)N1CCCCC1.I. The molecule has 0 aliphatic carbocycles. The van der Waals surface area contributed by atoms with Crippen molar-refractivity contribution in [1.82, 2.24) is 15.5 Å². The van der Waals surface area contributed by atoms with Gasteiger partial charge in [-0.3, -0.25) is 14.7 Å². The number of likely N-dealkylation sites (tertiary alicyclic amines) is 1. The first-order valence-corrected chi connectivity index (χ1v) is 10.6. The molecule has 0 saturated carbocycles. The van der Waals surface area contributed by atoms with E-state index < -0.39 is 0 Å². The number of hydrogen-bond donors (Lipinski definition) is 3. The summed E-state index contributed by atoms with van der Waals surface area (Å²) in [5.41, 5.74) is 1.85. The van der Waals surface area contributed by atoms with Gasteiger partial charge in [-0.05, 0) is 69.6 Å². The number of anilines is 1. The number of piperidine rings is 1. The monoisotopic (exact) mass is 539 g/mol. The van der Waals surface area contributed by atoms with E-state index >= 15 is 0 Å². The number of rotatable bonds is 7. The molecule has 8 heteroatoms. The van der Waals surface area contributed by atoms with Crippen LogP contribution in [0.5, 0.6) is 0 Å². The molecule has 170 valence electrons. The highest BCUT2D eigenvalue weighted by Gasteiger charge is 2.27. The fourth-order valence-electron chi connectivity index (χ4n) is 3.68. The second kappa shape index (κ2) is 12.1. The summed E-state index contributed by atoms with van der Waals surface area (Å²) in [6.45, 7) is 8.32. The Balaban J connectivity index is 0.00000341. The molecule has 1 amide bonds. The number of guanidine groups is 1. The lowest BCUT2D eigenvalue weighted by Crippen LogP contribution is -2.54. The predicted molar refractivity (Wildman–Crippen MR) is 136 cm³/mol. The van der Waals surface area contributed by atoms with E-state index in [1.54, 1.807) is 19.2 Å². The third-order valence-electron chi connectivity index (χ3n) is 5.51. The van der Waals surface area contributed by atoms with Gasteiger partial charge in [0.25, 0.3) is 5.91 Å². The largest absolute Gasteiger partial charge is 0.459 e. The number of aliphatic imine (C=N–C) groups is 1. The molecular formula is C23H34IN5O2. The van der Waals surface area contributed by atoms with Gasteiger partial charge in [-0.25, -0.2) is 0 Å². The highest BCUT2D eigenvalue weighted by molar-refractivity contribution is 14.0. The van der Waals surface area contributed by atoms with Crippen molar-refractivity contribution in [3.63, 3.8) is 0 Å². The fourth-order valence-corrected chi connectivity index (χ4v) is 3.68. The number of amides is 1. The first kappa shape index (κ1) is 25.2. The second-order valence-corrected chi connectivity index (χ2v) is 8.27. The second-order valence-electron chi connectivity index (χ2n) is 8.27. The van der Waals surface area contributed by atoms with E-state index in [1.165, 1.54) is 25.5 Å². The van der Waals surface area contributed by atoms with Gasteiger partial charge in [0.2, 0.25) is 0 Å². The van der Waals surface area contributed by atoms with Crippen LogP contribution < -0.4 is 16.0 Å². The Morgan fingerprint density at radius 2 is 1.90 bits per heavy atom. The minimum atomic E-state index is -0.262. The summed E-state index contributed by atoms with van der Waals surface area (Å²) in [5.74, 6) is 0.798. The Morgan fingerprint density at radius 1 is 1.13 bits per heavy atom. The minimum Gasteiger partial charge on any atom is -0.459 e. The van der Waals surface area contributed by atoms with Crippen LogP contribution in [-0.2, 0) is 6.54 Å². The molecule has 1 saturated heterocycles. The molecule has 0 spiro atoms. The zero-order valence-electron chi connectivity index (χ0n) is 18.6. The van der Waals surface area contributed by atoms with Gasteiger partial charge >= 0.3 is 0 Å². The number of hydrogen-bond acceptors (Lipinski definition) is 4. The molecule has 2 heterocycles.